The third kappa shape index (κ3) is 3.98. The van der Waals surface area contributed by atoms with E-state index >= 15 is 0 Å². The SMILES string of the molecule is C=CC(C)(C)c1cc(C(C)(C)C=C)c(C(C)(C)C=C)c(O)c1C(C)(C)C=C. The van der Waals surface area contributed by atoms with E-state index in [2.05, 4.69) is 87.8 Å². The highest BCUT2D eigenvalue weighted by Gasteiger charge is 2.38. The van der Waals surface area contributed by atoms with Gasteiger partial charge in [0.2, 0.25) is 0 Å². The van der Waals surface area contributed by atoms with E-state index in [4.69, 9.17) is 0 Å². The van der Waals surface area contributed by atoms with Crippen molar-refractivity contribution < 1.29 is 5.11 Å². The highest BCUT2D eigenvalue weighted by atomic mass is 16.3. The molecule has 1 aromatic carbocycles. The quantitative estimate of drug-likeness (QED) is 0.480. The molecule has 1 aromatic rings. The van der Waals surface area contributed by atoms with E-state index in [1.165, 1.54) is 0 Å². The van der Waals surface area contributed by atoms with Gasteiger partial charge in [-0.05, 0) is 11.1 Å². The fraction of sp³-hybridized carbons (Fsp3) is 0.462. The van der Waals surface area contributed by atoms with Crippen molar-refractivity contribution in [3.8, 4) is 5.75 Å². The first-order valence-electron chi connectivity index (χ1n) is 9.59. The maximum atomic E-state index is 11.6. The molecule has 0 bridgehead atoms. The van der Waals surface area contributed by atoms with Crippen LogP contribution in [0.15, 0.2) is 56.7 Å². The van der Waals surface area contributed by atoms with E-state index in [-0.39, 0.29) is 10.8 Å². The molecule has 0 aliphatic carbocycles. The predicted molar refractivity (Wildman–Crippen MR) is 121 cm³/mol. The number of phenols is 1. The van der Waals surface area contributed by atoms with Crippen LogP contribution in [0.4, 0.5) is 0 Å². The van der Waals surface area contributed by atoms with Crippen molar-refractivity contribution >= 4 is 0 Å². The van der Waals surface area contributed by atoms with Crippen molar-refractivity contribution in [3.63, 3.8) is 0 Å². The normalized spacial score (nSPS) is 13.2. The molecule has 0 unspecified atom stereocenters. The second-order valence-corrected chi connectivity index (χ2v) is 9.77. The summed E-state index contributed by atoms with van der Waals surface area (Å²) in [5.41, 5.74) is 2.51. The predicted octanol–water partition coefficient (Wildman–Crippen LogP) is 7.25. The van der Waals surface area contributed by atoms with Gasteiger partial charge >= 0.3 is 0 Å². The van der Waals surface area contributed by atoms with Crippen molar-refractivity contribution in [3.05, 3.63) is 78.9 Å². The third-order valence-electron chi connectivity index (χ3n) is 6.02. The first-order valence-corrected chi connectivity index (χ1v) is 9.59. The molecule has 0 fully saturated rings. The Morgan fingerprint density at radius 3 is 1.07 bits per heavy atom. The molecule has 0 aromatic heterocycles. The monoisotopic (exact) mass is 366 g/mol. The molecule has 1 N–H and O–H groups in total. The van der Waals surface area contributed by atoms with Gasteiger partial charge in [0.1, 0.15) is 5.75 Å². The highest BCUT2D eigenvalue weighted by molar-refractivity contribution is 5.62. The Hall–Kier alpha value is -2.02. The second-order valence-electron chi connectivity index (χ2n) is 9.77. The lowest BCUT2D eigenvalue weighted by Crippen LogP contribution is -2.30. The molecule has 0 spiro atoms. The van der Waals surface area contributed by atoms with Gasteiger partial charge in [-0.25, -0.2) is 0 Å². The van der Waals surface area contributed by atoms with E-state index < -0.39 is 10.8 Å². The van der Waals surface area contributed by atoms with E-state index in [0.717, 1.165) is 22.3 Å². The summed E-state index contributed by atoms with van der Waals surface area (Å²) < 4.78 is 0. The third-order valence-corrected chi connectivity index (χ3v) is 6.02. The molecule has 0 amide bonds. The summed E-state index contributed by atoms with van der Waals surface area (Å²) in [6, 6.07) is 2.23. The topological polar surface area (TPSA) is 20.2 Å². The van der Waals surface area contributed by atoms with Gasteiger partial charge < -0.3 is 5.11 Å². The van der Waals surface area contributed by atoms with Crippen LogP contribution in [-0.2, 0) is 21.7 Å². The lowest BCUT2D eigenvalue weighted by Gasteiger charge is -2.39. The molecule has 1 nitrogen and oxygen atoms in total. The Morgan fingerprint density at radius 2 is 0.852 bits per heavy atom. The minimum Gasteiger partial charge on any atom is -0.507 e. The van der Waals surface area contributed by atoms with Crippen LogP contribution >= 0.6 is 0 Å². The molecule has 0 radical (unpaired) electrons. The smallest absolute Gasteiger partial charge is 0.124 e. The Labute approximate surface area is 167 Å². The number of phenolic OH excluding ortho intramolecular Hbond substituents is 1. The Balaban J connectivity index is 4.33. The molecule has 0 saturated carbocycles. The van der Waals surface area contributed by atoms with E-state index in [9.17, 15) is 5.11 Å². The number of hydrogen-bond donors (Lipinski definition) is 1. The maximum Gasteiger partial charge on any atom is 0.124 e. The summed E-state index contributed by atoms with van der Waals surface area (Å²) in [6.07, 6.45) is 7.67. The molecule has 1 heteroatoms. The van der Waals surface area contributed by atoms with Gasteiger partial charge in [0, 0.05) is 32.8 Å². The van der Waals surface area contributed by atoms with Gasteiger partial charge in [0.05, 0.1) is 0 Å². The van der Waals surface area contributed by atoms with Crippen molar-refractivity contribution in [1.29, 1.82) is 0 Å². The van der Waals surface area contributed by atoms with Crippen molar-refractivity contribution in [2.24, 2.45) is 0 Å². The fourth-order valence-corrected chi connectivity index (χ4v) is 3.41. The standard InChI is InChI=1S/C26H38O/c1-13-23(5,6)18-17-19(24(7,8)14-2)21(26(11,12)16-4)22(27)20(18)25(9,10)15-3/h13-17,27H,1-4H2,5-12H3. The Morgan fingerprint density at radius 1 is 0.593 bits per heavy atom. The van der Waals surface area contributed by atoms with Crippen molar-refractivity contribution in [2.45, 2.75) is 77.0 Å². The van der Waals surface area contributed by atoms with Crippen LogP contribution in [0.25, 0.3) is 0 Å². The minimum absolute atomic E-state index is 0.310. The Bertz CT molecular complexity index is 708. The van der Waals surface area contributed by atoms with Crippen molar-refractivity contribution in [1.82, 2.24) is 0 Å². The number of aromatic hydroxyl groups is 1. The largest absolute Gasteiger partial charge is 0.507 e. The molecule has 0 atom stereocenters. The summed E-state index contributed by atoms with van der Waals surface area (Å²) in [7, 11) is 0. The lowest BCUT2D eigenvalue weighted by atomic mass is 9.65. The summed E-state index contributed by atoms with van der Waals surface area (Å²) in [5.74, 6) is 0.321. The number of allylic oxidation sites excluding steroid dienone is 4. The zero-order chi connectivity index (χ0) is 21.4. The van der Waals surface area contributed by atoms with Crippen LogP contribution < -0.4 is 0 Å². The molecule has 1 rings (SSSR count). The minimum atomic E-state index is -0.400. The molecule has 27 heavy (non-hydrogen) atoms. The summed E-state index contributed by atoms with van der Waals surface area (Å²) in [6.45, 7) is 33.0. The van der Waals surface area contributed by atoms with Crippen LogP contribution in [0.2, 0.25) is 0 Å². The second kappa shape index (κ2) is 7.19. The number of rotatable bonds is 8. The van der Waals surface area contributed by atoms with Crippen LogP contribution in [0.1, 0.15) is 77.6 Å². The fourth-order valence-electron chi connectivity index (χ4n) is 3.41. The van der Waals surface area contributed by atoms with Gasteiger partial charge in [0.25, 0.3) is 0 Å². The average molecular weight is 367 g/mol. The van der Waals surface area contributed by atoms with E-state index in [0.29, 0.717) is 5.75 Å². The summed E-state index contributed by atoms with van der Waals surface area (Å²) in [5, 5.41) is 11.6. The van der Waals surface area contributed by atoms with Gasteiger partial charge in [0.15, 0.2) is 0 Å². The van der Waals surface area contributed by atoms with Crippen LogP contribution in [0, 0.1) is 0 Å². The first kappa shape index (κ1) is 23.0. The molecule has 0 aliphatic heterocycles. The molecule has 0 saturated heterocycles. The van der Waals surface area contributed by atoms with Crippen LogP contribution in [-0.4, -0.2) is 5.11 Å². The maximum absolute atomic E-state index is 11.6. The first-order chi connectivity index (χ1) is 12.1. The lowest BCUT2D eigenvalue weighted by molar-refractivity contribution is 0.425. The molecule has 0 aliphatic rings. The van der Waals surface area contributed by atoms with Crippen LogP contribution in [0.3, 0.4) is 0 Å². The molecular formula is C26H38O. The average Bonchev–Trinajstić information content (AvgIpc) is 2.60. The highest BCUT2D eigenvalue weighted by Crippen LogP contribution is 2.49. The van der Waals surface area contributed by atoms with Crippen LogP contribution in [0.5, 0.6) is 5.75 Å². The molecule has 148 valence electrons. The number of hydrogen-bond acceptors (Lipinski definition) is 1. The number of benzene rings is 1. The van der Waals surface area contributed by atoms with Crippen molar-refractivity contribution in [2.75, 3.05) is 0 Å². The van der Waals surface area contributed by atoms with E-state index in [1.807, 2.05) is 24.3 Å². The van der Waals surface area contributed by atoms with E-state index in [1.54, 1.807) is 0 Å². The van der Waals surface area contributed by atoms with Gasteiger partial charge in [-0.1, -0.05) is 85.8 Å². The van der Waals surface area contributed by atoms with Gasteiger partial charge in [-0.15, -0.1) is 26.3 Å². The van der Waals surface area contributed by atoms with Gasteiger partial charge in [-0.2, -0.15) is 0 Å². The summed E-state index contributed by atoms with van der Waals surface area (Å²) >= 11 is 0. The zero-order valence-electron chi connectivity index (χ0n) is 18.7. The summed E-state index contributed by atoms with van der Waals surface area (Å²) in [4.78, 5) is 0. The van der Waals surface area contributed by atoms with Gasteiger partial charge in [-0.3, -0.25) is 0 Å². The zero-order valence-corrected chi connectivity index (χ0v) is 18.7. The molecule has 0 heterocycles. The Kier molecular flexibility index (Phi) is 6.13. The molecular weight excluding hydrogens is 328 g/mol.